The lowest BCUT2D eigenvalue weighted by molar-refractivity contribution is 0.102. The number of anilines is 1. The van der Waals surface area contributed by atoms with Gasteiger partial charge in [-0.25, -0.2) is 0 Å². The number of hydrogen-bond donors (Lipinski definition) is 1. The maximum Gasteiger partial charge on any atom is 0.256 e. The summed E-state index contributed by atoms with van der Waals surface area (Å²) in [6.45, 7) is 9.56. The third kappa shape index (κ3) is 5.16. The lowest BCUT2D eigenvalue weighted by Crippen LogP contribution is -2.13. The number of amides is 1. The monoisotopic (exact) mass is 393 g/mol. The van der Waals surface area contributed by atoms with E-state index in [1.807, 2.05) is 70.3 Å². The van der Waals surface area contributed by atoms with Gasteiger partial charge in [-0.15, -0.1) is 0 Å². The number of rotatable bonds is 8. The largest absolute Gasteiger partial charge is 0.490 e. The number of aryl methyl sites for hydroxylation is 2. The predicted molar refractivity (Wildman–Crippen MR) is 114 cm³/mol. The molecule has 1 amide bonds. The third-order valence-electron chi connectivity index (χ3n) is 4.47. The summed E-state index contributed by atoms with van der Waals surface area (Å²) in [5.74, 6) is 1.32. The molecule has 0 spiro atoms. The van der Waals surface area contributed by atoms with Gasteiger partial charge in [-0.05, 0) is 57.0 Å². The van der Waals surface area contributed by atoms with Gasteiger partial charge in [0.05, 0.1) is 31.6 Å². The maximum absolute atomic E-state index is 12.6. The van der Waals surface area contributed by atoms with Crippen molar-refractivity contribution in [3.63, 3.8) is 0 Å². The van der Waals surface area contributed by atoms with Crippen LogP contribution in [0.1, 0.15) is 40.9 Å². The minimum atomic E-state index is -0.137. The molecule has 0 unspecified atom stereocenters. The Labute approximate surface area is 171 Å². The lowest BCUT2D eigenvalue weighted by Gasteiger charge is -2.12. The van der Waals surface area contributed by atoms with Gasteiger partial charge in [0.2, 0.25) is 0 Å². The summed E-state index contributed by atoms with van der Waals surface area (Å²) in [5.41, 5.74) is 4.44. The highest BCUT2D eigenvalue weighted by molar-refractivity contribution is 6.05. The zero-order chi connectivity index (χ0) is 20.8. The number of aromatic nitrogens is 2. The molecule has 29 heavy (non-hydrogen) atoms. The maximum atomic E-state index is 12.6. The quantitative estimate of drug-likeness (QED) is 0.607. The van der Waals surface area contributed by atoms with Crippen LogP contribution >= 0.6 is 0 Å². The van der Waals surface area contributed by atoms with Crippen molar-refractivity contribution in [2.24, 2.45) is 0 Å². The molecule has 0 atom stereocenters. The van der Waals surface area contributed by atoms with E-state index < -0.39 is 0 Å². The van der Waals surface area contributed by atoms with Crippen LogP contribution in [0, 0.1) is 13.8 Å². The van der Waals surface area contributed by atoms with Crippen molar-refractivity contribution in [2.45, 2.75) is 34.2 Å². The van der Waals surface area contributed by atoms with Gasteiger partial charge in [-0.1, -0.05) is 23.8 Å². The summed E-state index contributed by atoms with van der Waals surface area (Å²) in [7, 11) is 0. The van der Waals surface area contributed by atoms with Crippen LogP contribution in [0.25, 0.3) is 0 Å². The standard InChI is InChI=1S/C23H27N3O3/c1-5-28-21-10-8-18(12-22(21)29-6-2)14-26-15-19(13-24-26)25-23(27)20-9-7-16(3)11-17(20)4/h7-13,15H,5-6,14H2,1-4H3,(H,25,27). The molecule has 1 N–H and O–H groups in total. The summed E-state index contributed by atoms with van der Waals surface area (Å²) >= 11 is 0. The van der Waals surface area contributed by atoms with Gasteiger partial charge in [0.15, 0.2) is 11.5 Å². The Bertz CT molecular complexity index is 995. The van der Waals surface area contributed by atoms with Crippen molar-refractivity contribution >= 4 is 11.6 Å². The van der Waals surface area contributed by atoms with Gasteiger partial charge in [0.1, 0.15) is 0 Å². The molecule has 6 nitrogen and oxygen atoms in total. The Hall–Kier alpha value is -3.28. The summed E-state index contributed by atoms with van der Waals surface area (Å²) in [6.07, 6.45) is 3.47. The van der Waals surface area contributed by atoms with Crippen molar-refractivity contribution in [3.05, 3.63) is 71.0 Å². The van der Waals surface area contributed by atoms with Crippen molar-refractivity contribution in [1.29, 1.82) is 0 Å². The first kappa shape index (κ1) is 20.5. The van der Waals surface area contributed by atoms with Crippen molar-refractivity contribution in [1.82, 2.24) is 9.78 Å². The molecular weight excluding hydrogens is 366 g/mol. The molecule has 0 aliphatic rings. The fourth-order valence-corrected chi connectivity index (χ4v) is 3.16. The zero-order valence-corrected chi connectivity index (χ0v) is 17.4. The number of nitrogens with zero attached hydrogens (tertiary/aromatic N) is 2. The Morgan fingerprint density at radius 3 is 2.52 bits per heavy atom. The van der Waals surface area contributed by atoms with E-state index in [1.54, 1.807) is 10.9 Å². The van der Waals surface area contributed by atoms with Gasteiger partial charge in [-0.2, -0.15) is 5.10 Å². The molecule has 1 aromatic heterocycles. The molecule has 0 saturated carbocycles. The molecular formula is C23H27N3O3. The van der Waals surface area contributed by atoms with E-state index in [4.69, 9.17) is 9.47 Å². The first-order valence-corrected chi connectivity index (χ1v) is 9.79. The van der Waals surface area contributed by atoms with Crippen molar-refractivity contribution in [3.8, 4) is 11.5 Å². The summed E-state index contributed by atoms with van der Waals surface area (Å²) in [6, 6.07) is 11.6. The Kier molecular flexibility index (Phi) is 6.54. The smallest absolute Gasteiger partial charge is 0.256 e. The van der Waals surface area contributed by atoms with Crippen molar-refractivity contribution < 1.29 is 14.3 Å². The minimum Gasteiger partial charge on any atom is -0.490 e. The highest BCUT2D eigenvalue weighted by Crippen LogP contribution is 2.29. The lowest BCUT2D eigenvalue weighted by atomic mass is 10.1. The molecule has 2 aromatic carbocycles. The molecule has 0 radical (unpaired) electrons. The summed E-state index contributed by atoms with van der Waals surface area (Å²) in [5, 5.41) is 7.27. The fraction of sp³-hybridized carbons (Fsp3) is 0.304. The second-order valence-corrected chi connectivity index (χ2v) is 6.85. The third-order valence-corrected chi connectivity index (χ3v) is 4.47. The fourth-order valence-electron chi connectivity index (χ4n) is 3.16. The van der Waals surface area contributed by atoms with Crippen LogP contribution in [0.4, 0.5) is 5.69 Å². The summed E-state index contributed by atoms with van der Waals surface area (Å²) < 4.78 is 13.1. The molecule has 3 aromatic rings. The second kappa shape index (κ2) is 9.28. The molecule has 0 saturated heterocycles. The van der Waals surface area contributed by atoms with E-state index in [2.05, 4.69) is 10.4 Å². The topological polar surface area (TPSA) is 65.4 Å². The summed E-state index contributed by atoms with van der Waals surface area (Å²) in [4.78, 5) is 12.6. The van der Waals surface area contributed by atoms with Gasteiger partial charge >= 0.3 is 0 Å². The number of ether oxygens (including phenoxy) is 2. The van der Waals surface area contributed by atoms with E-state index in [0.29, 0.717) is 31.0 Å². The van der Waals surface area contributed by atoms with Crippen LogP contribution in [0.5, 0.6) is 11.5 Å². The van der Waals surface area contributed by atoms with Crippen LogP contribution in [-0.2, 0) is 6.54 Å². The minimum absolute atomic E-state index is 0.137. The van der Waals surface area contributed by atoms with Crippen LogP contribution in [0.2, 0.25) is 0 Å². The highest BCUT2D eigenvalue weighted by atomic mass is 16.5. The van der Waals surface area contributed by atoms with Crippen LogP contribution in [0.15, 0.2) is 48.8 Å². The van der Waals surface area contributed by atoms with E-state index in [-0.39, 0.29) is 5.91 Å². The molecule has 152 valence electrons. The van der Waals surface area contributed by atoms with Gasteiger partial charge in [0, 0.05) is 11.8 Å². The van der Waals surface area contributed by atoms with E-state index in [0.717, 1.165) is 28.2 Å². The number of carbonyl (C=O) groups excluding carboxylic acids is 1. The average molecular weight is 393 g/mol. The highest BCUT2D eigenvalue weighted by Gasteiger charge is 2.11. The van der Waals surface area contributed by atoms with E-state index in [9.17, 15) is 4.79 Å². The molecule has 0 aliphatic carbocycles. The molecule has 3 rings (SSSR count). The first-order chi connectivity index (χ1) is 14.0. The van der Waals surface area contributed by atoms with E-state index >= 15 is 0 Å². The Morgan fingerprint density at radius 1 is 1.03 bits per heavy atom. The van der Waals surface area contributed by atoms with Crippen LogP contribution in [-0.4, -0.2) is 28.9 Å². The Balaban J connectivity index is 1.70. The molecule has 0 bridgehead atoms. The molecule has 0 aliphatic heterocycles. The first-order valence-electron chi connectivity index (χ1n) is 9.79. The molecule has 1 heterocycles. The Morgan fingerprint density at radius 2 is 1.79 bits per heavy atom. The second-order valence-electron chi connectivity index (χ2n) is 6.85. The SMILES string of the molecule is CCOc1ccc(Cn2cc(NC(=O)c3ccc(C)cc3C)cn2)cc1OCC. The van der Waals surface area contributed by atoms with Crippen LogP contribution < -0.4 is 14.8 Å². The number of nitrogens with one attached hydrogen (secondary N) is 1. The predicted octanol–water partition coefficient (Wildman–Crippen LogP) is 4.60. The van der Waals surface area contributed by atoms with Gasteiger partial charge < -0.3 is 14.8 Å². The van der Waals surface area contributed by atoms with Crippen LogP contribution in [0.3, 0.4) is 0 Å². The average Bonchev–Trinajstić information content (AvgIpc) is 3.10. The number of carbonyl (C=O) groups is 1. The molecule has 6 heteroatoms. The normalized spacial score (nSPS) is 10.6. The zero-order valence-electron chi connectivity index (χ0n) is 17.4. The number of hydrogen-bond acceptors (Lipinski definition) is 4. The van der Waals surface area contributed by atoms with E-state index in [1.165, 1.54) is 0 Å². The van der Waals surface area contributed by atoms with Crippen molar-refractivity contribution in [2.75, 3.05) is 18.5 Å². The molecule has 0 fully saturated rings. The van der Waals surface area contributed by atoms with Gasteiger partial charge in [0.25, 0.3) is 5.91 Å². The van der Waals surface area contributed by atoms with Gasteiger partial charge in [-0.3, -0.25) is 9.48 Å². The number of benzene rings is 2.